The standard InChI is InChI=1S/C20H27NS/c1-5-17-12-13-19(21-18(17)6-2)20-11-9-7-8-10-15(3)16(4)14-22-20/h7-8,10,12-13,20H,4-6,9,11,14H2,1-3H3/b8-7-,15-10?. The molecule has 2 rings (SSSR count). The maximum Gasteiger partial charge on any atom is 0.0537 e. The molecule has 2 heteroatoms. The molecule has 1 nitrogen and oxygen atoms in total. The second-order valence-corrected chi connectivity index (χ2v) is 7.00. The summed E-state index contributed by atoms with van der Waals surface area (Å²) in [6, 6.07) is 4.51. The predicted molar refractivity (Wildman–Crippen MR) is 99.5 cm³/mol. The van der Waals surface area contributed by atoms with Crippen LogP contribution >= 0.6 is 11.8 Å². The van der Waals surface area contributed by atoms with Crippen LogP contribution in [-0.2, 0) is 12.8 Å². The van der Waals surface area contributed by atoms with E-state index in [1.807, 2.05) is 11.8 Å². The van der Waals surface area contributed by atoms with E-state index in [0.29, 0.717) is 5.25 Å². The molecule has 0 bridgehead atoms. The number of hydrogen-bond donors (Lipinski definition) is 0. The van der Waals surface area contributed by atoms with E-state index in [4.69, 9.17) is 4.98 Å². The quantitative estimate of drug-likeness (QED) is 0.696. The molecule has 0 spiro atoms. The Morgan fingerprint density at radius 1 is 1.27 bits per heavy atom. The van der Waals surface area contributed by atoms with Gasteiger partial charge in [0.05, 0.1) is 5.69 Å². The van der Waals surface area contributed by atoms with Crippen molar-refractivity contribution in [3.8, 4) is 0 Å². The molecule has 0 saturated heterocycles. The van der Waals surface area contributed by atoms with Gasteiger partial charge in [0.15, 0.2) is 0 Å². The number of allylic oxidation sites excluding steroid dienone is 4. The highest BCUT2D eigenvalue weighted by Gasteiger charge is 2.16. The molecule has 0 amide bonds. The summed E-state index contributed by atoms with van der Waals surface area (Å²) in [4.78, 5) is 4.97. The first-order valence-corrected chi connectivity index (χ1v) is 9.32. The predicted octanol–water partition coefficient (Wildman–Crippen LogP) is 5.83. The van der Waals surface area contributed by atoms with E-state index in [2.05, 4.69) is 57.7 Å². The van der Waals surface area contributed by atoms with Crippen LogP contribution in [0.25, 0.3) is 0 Å². The van der Waals surface area contributed by atoms with Crippen LogP contribution in [0.2, 0.25) is 0 Å². The topological polar surface area (TPSA) is 12.9 Å². The number of thioether (sulfide) groups is 1. The average molecular weight is 314 g/mol. The van der Waals surface area contributed by atoms with Gasteiger partial charge in [-0.25, -0.2) is 0 Å². The third kappa shape index (κ3) is 4.36. The minimum absolute atomic E-state index is 0.462. The molecular weight excluding hydrogens is 286 g/mol. The fourth-order valence-electron chi connectivity index (χ4n) is 2.66. The van der Waals surface area contributed by atoms with Gasteiger partial charge in [-0.05, 0) is 55.4 Å². The Morgan fingerprint density at radius 2 is 2.09 bits per heavy atom. The third-order valence-electron chi connectivity index (χ3n) is 4.23. The van der Waals surface area contributed by atoms with Crippen molar-refractivity contribution in [1.82, 2.24) is 4.98 Å². The van der Waals surface area contributed by atoms with Crippen molar-refractivity contribution in [3.63, 3.8) is 0 Å². The summed E-state index contributed by atoms with van der Waals surface area (Å²) in [5.74, 6) is 0.986. The van der Waals surface area contributed by atoms with Crippen molar-refractivity contribution >= 4 is 11.8 Å². The Balaban J connectivity index is 2.22. The normalized spacial score (nSPS) is 21.3. The molecule has 118 valence electrons. The lowest BCUT2D eigenvalue weighted by molar-refractivity contribution is 0.784. The smallest absolute Gasteiger partial charge is 0.0537 e. The second-order valence-electron chi connectivity index (χ2n) is 5.81. The number of aromatic nitrogens is 1. The van der Waals surface area contributed by atoms with E-state index in [-0.39, 0.29) is 0 Å². The monoisotopic (exact) mass is 313 g/mol. The maximum atomic E-state index is 4.97. The maximum absolute atomic E-state index is 4.97. The Hall–Kier alpha value is -1.28. The van der Waals surface area contributed by atoms with Gasteiger partial charge in [0.1, 0.15) is 0 Å². The molecule has 1 atom stereocenters. The van der Waals surface area contributed by atoms with E-state index < -0.39 is 0 Å². The van der Waals surface area contributed by atoms with Crippen molar-refractivity contribution in [2.24, 2.45) is 0 Å². The van der Waals surface area contributed by atoms with Crippen molar-refractivity contribution in [3.05, 3.63) is 65.0 Å². The molecule has 1 aliphatic rings. The lowest BCUT2D eigenvalue weighted by Crippen LogP contribution is -2.05. The van der Waals surface area contributed by atoms with Crippen LogP contribution in [0.5, 0.6) is 0 Å². The Bertz CT molecular complexity index is 583. The summed E-state index contributed by atoms with van der Waals surface area (Å²) < 4.78 is 0. The van der Waals surface area contributed by atoms with Gasteiger partial charge in [0.25, 0.3) is 0 Å². The number of pyridine rings is 1. The summed E-state index contributed by atoms with van der Waals surface area (Å²) >= 11 is 1.98. The summed E-state index contributed by atoms with van der Waals surface area (Å²) in [6.07, 6.45) is 10.9. The fraction of sp³-hybridized carbons (Fsp3) is 0.450. The molecule has 0 saturated carbocycles. The lowest BCUT2D eigenvalue weighted by atomic mass is 10.1. The zero-order chi connectivity index (χ0) is 15.9. The van der Waals surface area contributed by atoms with Crippen LogP contribution < -0.4 is 0 Å². The van der Waals surface area contributed by atoms with Gasteiger partial charge in [-0.2, -0.15) is 0 Å². The highest BCUT2D eigenvalue weighted by Crippen LogP contribution is 2.35. The first-order chi connectivity index (χ1) is 10.7. The molecule has 0 N–H and O–H groups in total. The van der Waals surface area contributed by atoms with Crippen molar-refractivity contribution in [1.29, 1.82) is 0 Å². The SMILES string of the molecule is C=C1CSC(c2ccc(CC)c(CC)n2)CC/C=C\C=C1C. The number of rotatable bonds is 3. The van der Waals surface area contributed by atoms with Crippen LogP contribution in [-0.4, -0.2) is 10.7 Å². The lowest BCUT2D eigenvalue weighted by Gasteiger charge is -2.19. The first kappa shape index (κ1) is 17.1. The minimum atomic E-state index is 0.462. The van der Waals surface area contributed by atoms with Crippen LogP contribution in [0, 0.1) is 0 Å². The van der Waals surface area contributed by atoms with E-state index in [0.717, 1.165) is 31.4 Å². The largest absolute Gasteiger partial charge is 0.256 e. The van der Waals surface area contributed by atoms with Crippen molar-refractivity contribution in [2.45, 2.75) is 51.7 Å². The summed E-state index contributed by atoms with van der Waals surface area (Å²) in [5, 5.41) is 0.462. The Morgan fingerprint density at radius 3 is 2.82 bits per heavy atom. The fourth-order valence-corrected chi connectivity index (χ4v) is 3.89. The first-order valence-electron chi connectivity index (χ1n) is 8.27. The molecule has 1 unspecified atom stereocenters. The molecular formula is C20H27NS. The molecule has 2 heterocycles. The van der Waals surface area contributed by atoms with Crippen LogP contribution in [0.4, 0.5) is 0 Å². The average Bonchev–Trinajstić information content (AvgIpc) is 2.55. The molecule has 1 aliphatic heterocycles. The van der Waals surface area contributed by atoms with E-state index in [1.54, 1.807) is 0 Å². The van der Waals surface area contributed by atoms with Crippen molar-refractivity contribution < 1.29 is 0 Å². The number of aryl methyl sites for hydroxylation is 2. The molecule has 0 radical (unpaired) electrons. The Kier molecular flexibility index (Phi) is 6.50. The van der Waals surface area contributed by atoms with Gasteiger partial charge >= 0.3 is 0 Å². The van der Waals surface area contributed by atoms with Gasteiger partial charge in [0.2, 0.25) is 0 Å². The van der Waals surface area contributed by atoms with E-state index in [9.17, 15) is 0 Å². The molecule has 0 fully saturated rings. The van der Waals surface area contributed by atoms with E-state index in [1.165, 1.54) is 28.1 Å². The van der Waals surface area contributed by atoms with Gasteiger partial charge in [0, 0.05) is 16.7 Å². The zero-order valence-electron chi connectivity index (χ0n) is 14.1. The van der Waals surface area contributed by atoms with Crippen LogP contribution in [0.1, 0.15) is 55.8 Å². The summed E-state index contributed by atoms with van der Waals surface area (Å²) in [6.45, 7) is 10.8. The second kappa shape index (κ2) is 8.38. The summed E-state index contributed by atoms with van der Waals surface area (Å²) in [7, 11) is 0. The van der Waals surface area contributed by atoms with Crippen LogP contribution in [0.15, 0.2) is 48.1 Å². The zero-order valence-corrected chi connectivity index (χ0v) is 14.9. The van der Waals surface area contributed by atoms with E-state index >= 15 is 0 Å². The van der Waals surface area contributed by atoms with Gasteiger partial charge in [-0.3, -0.25) is 4.98 Å². The Labute approximate surface area is 139 Å². The minimum Gasteiger partial charge on any atom is -0.256 e. The van der Waals surface area contributed by atoms with Gasteiger partial charge < -0.3 is 0 Å². The van der Waals surface area contributed by atoms with Gasteiger partial charge in [-0.1, -0.05) is 44.7 Å². The van der Waals surface area contributed by atoms with Crippen molar-refractivity contribution in [2.75, 3.05) is 5.75 Å². The summed E-state index contributed by atoms with van der Waals surface area (Å²) in [5.41, 5.74) is 6.40. The molecule has 1 aromatic rings. The van der Waals surface area contributed by atoms with Gasteiger partial charge in [-0.15, -0.1) is 11.8 Å². The molecule has 0 aliphatic carbocycles. The molecule has 1 aromatic heterocycles. The highest BCUT2D eigenvalue weighted by atomic mass is 32.2. The molecule has 0 aromatic carbocycles. The number of nitrogens with zero attached hydrogens (tertiary/aromatic N) is 1. The number of hydrogen-bond acceptors (Lipinski definition) is 2. The highest BCUT2D eigenvalue weighted by molar-refractivity contribution is 7.99. The molecule has 22 heavy (non-hydrogen) atoms. The third-order valence-corrected chi connectivity index (χ3v) is 5.62. The van der Waals surface area contributed by atoms with Crippen LogP contribution in [0.3, 0.4) is 0 Å².